The van der Waals surface area contributed by atoms with Crippen molar-refractivity contribution in [1.29, 1.82) is 0 Å². The van der Waals surface area contributed by atoms with Crippen LogP contribution in [0.4, 0.5) is 5.82 Å². The maximum absolute atomic E-state index is 12.6. The molecule has 8 nitrogen and oxygen atoms in total. The Balaban J connectivity index is 1.88. The number of hydrogen-bond donors (Lipinski definition) is 1. The van der Waals surface area contributed by atoms with E-state index in [-0.39, 0.29) is 4.90 Å². The van der Waals surface area contributed by atoms with Crippen molar-refractivity contribution in [1.82, 2.24) is 24.5 Å². The molecule has 3 aromatic rings. The van der Waals surface area contributed by atoms with E-state index in [1.165, 1.54) is 17.1 Å². The highest BCUT2D eigenvalue weighted by atomic mass is 32.2. The van der Waals surface area contributed by atoms with Gasteiger partial charge in [-0.05, 0) is 25.5 Å². The highest BCUT2D eigenvalue weighted by molar-refractivity contribution is 7.92. The Morgan fingerprint density at radius 3 is 2.83 bits per heavy atom. The van der Waals surface area contributed by atoms with Gasteiger partial charge in [0.05, 0.1) is 18.1 Å². The number of aryl methyl sites for hydroxylation is 2. The molecule has 0 aliphatic heterocycles. The minimum Gasteiger partial charge on any atom is -0.263 e. The summed E-state index contributed by atoms with van der Waals surface area (Å²) in [6, 6.07) is 7.04. The summed E-state index contributed by atoms with van der Waals surface area (Å²) in [6.07, 6.45) is 5.20. The smallest absolute Gasteiger partial charge is 0.263 e. The van der Waals surface area contributed by atoms with Gasteiger partial charge in [-0.1, -0.05) is 13.0 Å². The monoisotopic (exact) mass is 346 g/mol. The van der Waals surface area contributed by atoms with Crippen molar-refractivity contribution in [3.05, 3.63) is 48.5 Å². The standard InChI is InChI=1S/C15H18N6O2S/c1-3-8-20-15(9-12(2)18-20)19-24(22,23)13-10-17-21(11-13)14-6-4-5-7-16-14/h4-7,9-11,19H,3,8H2,1-2H3. The number of nitrogens with zero attached hydrogens (tertiary/aromatic N) is 5. The van der Waals surface area contributed by atoms with Gasteiger partial charge >= 0.3 is 0 Å². The Morgan fingerprint density at radius 1 is 1.29 bits per heavy atom. The zero-order valence-corrected chi connectivity index (χ0v) is 14.2. The van der Waals surface area contributed by atoms with E-state index in [1.807, 2.05) is 19.9 Å². The minimum atomic E-state index is -3.75. The fraction of sp³-hybridized carbons (Fsp3) is 0.267. The molecular weight excluding hydrogens is 328 g/mol. The molecule has 0 bridgehead atoms. The van der Waals surface area contributed by atoms with Crippen molar-refractivity contribution >= 4 is 15.8 Å². The second kappa shape index (κ2) is 6.44. The number of rotatable bonds is 6. The van der Waals surface area contributed by atoms with Gasteiger partial charge in [0.1, 0.15) is 10.7 Å². The number of hydrogen-bond acceptors (Lipinski definition) is 5. The van der Waals surface area contributed by atoms with Crippen molar-refractivity contribution in [3.8, 4) is 5.82 Å². The summed E-state index contributed by atoms with van der Waals surface area (Å²) in [4.78, 5) is 4.21. The zero-order chi connectivity index (χ0) is 17.2. The summed E-state index contributed by atoms with van der Waals surface area (Å²) < 4.78 is 30.8. The van der Waals surface area contributed by atoms with Gasteiger partial charge in [-0.3, -0.25) is 4.72 Å². The van der Waals surface area contributed by atoms with Crippen LogP contribution in [0, 0.1) is 6.92 Å². The molecule has 0 aliphatic rings. The van der Waals surface area contributed by atoms with Crippen LogP contribution in [0.2, 0.25) is 0 Å². The molecule has 0 atom stereocenters. The normalized spacial score (nSPS) is 11.6. The molecule has 0 spiro atoms. The summed E-state index contributed by atoms with van der Waals surface area (Å²) in [7, 11) is -3.75. The molecule has 0 radical (unpaired) electrons. The first-order valence-corrected chi connectivity index (χ1v) is 9.01. The van der Waals surface area contributed by atoms with Crippen molar-refractivity contribution < 1.29 is 8.42 Å². The van der Waals surface area contributed by atoms with E-state index in [1.54, 1.807) is 29.1 Å². The first-order valence-electron chi connectivity index (χ1n) is 7.53. The van der Waals surface area contributed by atoms with E-state index in [2.05, 4.69) is 19.9 Å². The molecule has 0 aliphatic carbocycles. The molecule has 0 unspecified atom stereocenters. The van der Waals surface area contributed by atoms with Crippen LogP contribution >= 0.6 is 0 Å². The Morgan fingerprint density at radius 2 is 2.12 bits per heavy atom. The van der Waals surface area contributed by atoms with Gasteiger partial charge in [-0.2, -0.15) is 10.2 Å². The van der Waals surface area contributed by atoms with E-state index in [9.17, 15) is 8.42 Å². The van der Waals surface area contributed by atoms with Crippen molar-refractivity contribution in [2.75, 3.05) is 4.72 Å². The van der Waals surface area contributed by atoms with Crippen LogP contribution in [0.3, 0.4) is 0 Å². The van der Waals surface area contributed by atoms with Crippen LogP contribution in [-0.4, -0.2) is 33.0 Å². The third-order valence-electron chi connectivity index (χ3n) is 3.33. The van der Waals surface area contributed by atoms with E-state index in [0.29, 0.717) is 18.2 Å². The summed E-state index contributed by atoms with van der Waals surface area (Å²) >= 11 is 0. The lowest BCUT2D eigenvalue weighted by molar-refractivity contribution is 0.592. The third kappa shape index (κ3) is 3.30. The molecule has 0 saturated carbocycles. The van der Waals surface area contributed by atoms with Crippen LogP contribution in [0.5, 0.6) is 0 Å². The fourth-order valence-corrected chi connectivity index (χ4v) is 3.25. The Labute approximate surface area is 140 Å². The molecular formula is C15H18N6O2S. The van der Waals surface area contributed by atoms with Crippen molar-refractivity contribution in [3.63, 3.8) is 0 Å². The fourth-order valence-electron chi connectivity index (χ4n) is 2.27. The van der Waals surface area contributed by atoms with E-state index >= 15 is 0 Å². The van der Waals surface area contributed by atoms with Gasteiger partial charge in [-0.25, -0.2) is 22.8 Å². The Hall–Kier alpha value is -2.68. The van der Waals surface area contributed by atoms with E-state index in [4.69, 9.17) is 0 Å². The van der Waals surface area contributed by atoms with Crippen LogP contribution in [0.1, 0.15) is 19.0 Å². The first kappa shape index (κ1) is 16.2. The summed E-state index contributed by atoms with van der Waals surface area (Å²) in [6.45, 7) is 4.47. The van der Waals surface area contributed by atoms with Crippen LogP contribution in [0.25, 0.3) is 5.82 Å². The van der Waals surface area contributed by atoms with Gasteiger partial charge in [0.25, 0.3) is 10.0 Å². The Kier molecular flexibility index (Phi) is 4.34. The largest absolute Gasteiger partial charge is 0.266 e. The molecule has 126 valence electrons. The molecule has 0 aromatic carbocycles. The van der Waals surface area contributed by atoms with Gasteiger partial charge in [0.15, 0.2) is 5.82 Å². The number of aromatic nitrogens is 5. The molecule has 1 N–H and O–H groups in total. The van der Waals surface area contributed by atoms with Crippen LogP contribution < -0.4 is 4.72 Å². The lowest BCUT2D eigenvalue weighted by Crippen LogP contribution is -2.16. The molecule has 0 saturated heterocycles. The molecule has 0 amide bonds. The average molecular weight is 346 g/mol. The lowest BCUT2D eigenvalue weighted by atomic mass is 10.4. The average Bonchev–Trinajstić information content (AvgIpc) is 3.16. The summed E-state index contributed by atoms with van der Waals surface area (Å²) in [5, 5.41) is 8.36. The van der Waals surface area contributed by atoms with E-state index in [0.717, 1.165) is 12.1 Å². The van der Waals surface area contributed by atoms with Crippen LogP contribution in [0.15, 0.2) is 47.8 Å². The van der Waals surface area contributed by atoms with Gasteiger partial charge in [0, 0.05) is 18.8 Å². The van der Waals surface area contributed by atoms with Gasteiger partial charge < -0.3 is 0 Å². The summed E-state index contributed by atoms with van der Waals surface area (Å²) in [5.74, 6) is 0.991. The maximum atomic E-state index is 12.6. The molecule has 3 aromatic heterocycles. The highest BCUT2D eigenvalue weighted by Crippen LogP contribution is 2.18. The number of anilines is 1. The predicted molar refractivity (Wildman–Crippen MR) is 89.4 cm³/mol. The highest BCUT2D eigenvalue weighted by Gasteiger charge is 2.19. The molecule has 3 heterocycles. The first-order chi connectivity index (χ1) is 11.5. The maximum Gasteiger partial charge on any atom is 0.266 e. The van der Waals surface area contributed by atoms with Crippen molar-refractivity contribution in [2.45, 2.75) is 31.7 Å². The van der Waals surface area contributed by atoms with Crippen molar-refractivity contribution in [2.24, 2.45) is 0 Å². The predicted octanol–water partition coefficient (Wildman–Crippen LogP) is 1.98. The number of sulfonamides is 1. The molecule has 9 heteroatoms. The zero-order valence-electron chi connectivity index (χ0n) is 13.4. The topological polar surface area (TPSA) is 94.7 Å². The lowest BCUT2D eigenvalue weighted by Gasteiger charge is -2.08. The molecule has 24 heavy (non-hydrogen) atoms. The van der Waals surface area contributed by atoms with E-state index < -0.39 is 10.0 Å². The molecule has 0 fully saturated rings. The SMILES string of the molecule is CCCn1nc(C)cc1NS(=O)(=O)c1cnn(-c2ccccn2)c1. The molecule has 3 rings (SSSR count). The second-order valence-electron chi connectivity index (χ2n) is 5.31. The minimum absolute atomic E-state index is 0.0649. The number of nitrogens with one attached hydrogen (secondary N) is 1. The quantitative estimate of drug-likeness (QED) is 0.736. The second-order valence-corrected chi connectivity index (χ2v) is 6.99. The summed E-state index contributed by atoms with van der Waals surface area (Å²) in [5.41, 5.74) is 0.755. The number of pyridine rings is 1. The van der Waals surface area contributed by atoms with Crippen LogP contribution in [-0.2, 0) is 16.6 Å². The third-order valence-corrected chi connectivity index (χ3v) is 4.64. The van der Waals surface area contributed by atoms with Gasteiger partial charge in [-0.15, -0.1) is 0 Å². The Bertz CT molecular complexity index is 930. The van der Waals surface area contributed by atoms with Gasteiger partial charge in [0.2, 0.25) is 0 Å².